The predicted octanol–water partition coefficient (Wildman–Crippen LogP) is 7.24. The lowest BCUT2D eigenvalue weighted by atomic mass is 9.73. The highest BCUT2D eigenvalue weighted by Crippen LogP contribution is 2.51. The van der Waals surface area contributed by atoms with Gasteiger partial charge < -0.3 is 5.32 Å². The molecule has 0 atom stereocenters. The Morgan fingerprint density at radius 1 is 0.767 bits per heavy atom. The summed E-state index contributed by atoms with van der Waals surface area (Å²) in [5.41, 5.74) is 8.26. The summed E-state index contributed by atoms with van der Waals surface area (Å²) >= 11 is 0. The molecule has 5 rings (SSSR count). The Bertz CT molecular complexity index is 1210. The van der Waals surface area contributed by atoms with Crippen LogP contribution >= 0.6 is 0 Å². The zero-order valence-corrected chi connectivity index (χ0v) is 17.6. The lowest BCUT2D eigenvalue weighted by Gasteiger charge is -2.41. The van der Waals surface area contributed by atoms with E-state index in [1.54, 1.807) is 0 Å². The molecular weight excluding hydrogens is 366 g/mol. The molecule has 1 aliphatic heterocycles. The number of para-hydroxylation sites is 2. The number of hydrogen-bond donors (Lipinski definition) is 1. The largest absolute Gasteiger partial charge is 0.355 e. The standard InChI is InChI=1S/C27H25N3/c1-19-10-4-6-12-23(19)29-20-15-16-22-25(18-20)30(26-14-8-9-17-28-26)24-13-7-5-11-21(24)27(22,2)3/h4-18,29H,1-3H3. The highest BCUT2D eigenvalue weighted by Gasteiger charge is 2.37. The fraction of sp³-hybridized carbons (Fsp3) is 0.148. The van der Waals surface area contributed by atoms with Gasteiger partial charge in [-0.05, 0) is 60.0 Å². The summed E-state index contributed by atoms with van der Waals surface area (Å²) in [5.74, 6) is 0.926. The Morgan fingerprint density at radius 3 is 2.30 bits per heavy atom. The third kappa shape index (κ3) is 2.94. The summed E-state index contributed by atoms with van der Waals surface area (Å²) in [6.45, 7) is 6.73. The van der Waals surface area contributed by atoms with Crippen molar-refractivity contribution in [1.29, 1.82) is 0 Å². The van der Waals surface area contributed by atoms with Crippen LogP contribution in [-0.2, 0) is 5.41 Å². The van der Waals surface area contributed by atoms with Crippen molar-refractivity contribution in [2.45, 2.75) is 26.2 Å². The highest BCUT2D eigenvalue weighted by atomic mass is 15.2. The highest BCUT2D eigenvalue weighted by molar-refractivity contribution is 5.86. The predicted molar refractivity (Wildman–Crippen MR) is 126 cm³/mol. The molecule has 0 unspecified atom stereocenters. The van der Waals surface area contributed by atoms with Crippen LogP contribution in [0.2, 0.25) is 0 Å². The van der Waals surface area contributed by atoms with Gasteiger partial charge in [-0.15, -0.1) is 0 Å². The van der Waals surface area contributed by atoms with Gasteiger partial charge in [-0.3, -0.25) is 4.90 Å². The maximum absolute atomic E-state index is 4.68. The van der Waals surface area contributed by atoms with Crippen LogP contribution in [0.4, 0.5) is 28.6 Å². The molecule has 3 aromatic carbocycles. The number of aryl methyl sites for hydroxylation is 1. The van der Waals surface area contributed by atoms with E-state index in [2.05, 4.69) is 109 Å². The number of aromatic nitrogens is 1. The maximum Gasteiger partial charge on any atom is 0.137 e. The van der Waals surface area contributed by atoms with Gasteiger partial charge in [0.1, 0.15) is 5.82 Å². The van der Waals surface area contributed by atoms with E-state index in [9.17, 15) is 0 Å². The average molecular weight is 392 g/mol. The monoisotopic (exact) mass is 391 g/mol. The number of benzene rings is 3. The number of anilines is 5. The number of pyridine rings is 1. The van der Waals surface area contributed by atoms with E-state index >= 15 is 0 Å². The first-order valence-corrected chi connectivity index (χ1v) is 10.3. The SMILES string of the molecule is Cc1ccccc1Nc1ccc2c(c1)N(c1ccccn1)c1ccccc1C2(C)C. The lowest BCUT2D eigenvalue weighted by molar-refractivity contribution is 0.631. The van der Waals surface area contributed by atoms with E-state index in [1.165, 1.54) is 22.4 Å². The van der Waals surface area contributed by atoms with Gasteiger partial charge >= 0.3 is 0 Å². The van der Waals surface area contributed by atoms with Crippen molar-refractivity contribution in [2.24, 2.45) is 0 Å². The average Bonchev–Trinajstić information content (AvgIpc) is 2.76. The number of nitrogens with zero attached hydrogens (tertiary/aromatic N) is 2. The fourth-order valence-electron chi connectivity index (χ4n) is 4.40. The van der Waals surface area contributed by atoms with Gasteiger partial charge in [0.2, 0.25) is 0 Å². The molecule has 3 nitrogen and oxygen atoms in total. The second-order valence-corrected chi connectivity index (χ2v) is 8.34. The van der Waals surface area contributed by atoms with Gasteiger partial charge in [-0.25, -0.2) is 4.98 Å². The summed E-state index contributed by atoms with van der Waals surface area (Å²) in [7, 11) is 0. The van der Waals surface area contributed by atoms with Gasteiger partial charge in [0.05, 0.1) is 11.4 Å². The van der Waals surface area contributed by atoms with Gasteiger partial charge in [0, 0.05) is 23.0 Å². The molecule has 0 saturated carbocycles. The Kier molecular flexibility index (Phi) is 4.32. The number of nitrogens with one attached hydrogen (secondary N) is 1. The van der Waals surface area contributed by atoms with Crippen LogP contribution in [0.3, 0.4) is 0 Å². The van der Waals surface area contributed by atoms with Crippen molar-refractivity contribution in [3.8, 4) is 0 Å². The van der Waals surface area contributed by atoms with Crippen molar-refractivity contribution in [3.05, 3.63) is 108 Å². The van der Waals surface area contributed by atoms with Crippen molar-refractivity contribution in [1.82, 2.24) is 4.98 Å². The summed E-state index contributed by atoms with van der Waals surface area (Å²) < 4.78 is 0. The van der Waals surface area contributed by atoms with Crippen molar-refractivity contribution < 1.29 is 0 Å². The van der Waals surface area contributed by atoms with E-state index in [0.29, 0.717) is 0 Å². The van der Waals surface area contributed by atoms with Crippen LogP contribution in [0.1, 0.15) is 30.5 Å². The number of hydrogen-bond acceptors (Lipinski definition) is 3. The minimum atomic E-state index is -0.0988. The molecule has 0 bridgehead atoms. The minimum absolute atomic E-state index is 0.0988. The molecular formula is C27H25N3. The zero-order valence-electron chi connectivity index (χ0n) is 17.6. The molecule has 0 saturated heterocycles. The molecule has 3 heteroatoms. The Hall–Kier alpha value is -3.59. The summed E-state index contributed by atoms with van der Waals surface area (Å²) in [6.07, 6.45) is 1.85. The van der Waals surface area contributed by atoms with Crippen LogP contribution in [0.5, 0.6) is 0 Å². The maximum atomic E-state index is 4.68. The Balaban J connectivity index is 1.69. The molecule has 2 heterocycles. The molecule has 0 radical (unpaired) electrons. The number of rotatable bonds is 3. The van der Waals surface area contributed by atoms with Crippen molar-refractivity contribution >= 4 is 28.6 Å². The first-order valence-electron chi connectivity index (χ1n) is 10.3. The molecule has 30 heavy (non-hydrogen) atoms. The van der Waals surface area contributed by atoms with Gasteiger partial charge in [0.15, 0.2) is 0 Å². The molecule has 4 aromatic rings. The molecule has 0 aliphatic carbocycles. The molecule has 1 N–H and O–H groups in total. The van der Waals surface area contributed by atoms with Crippen molar-refractivity contribution in [2.75, 3.05) is 10.2 Å². The van der Waals surface area contributed by atoms with Crippen LogP contribution in [-0.4, -0.2) is 4.98 Å². The second kappa shape index (κ2) is 7.03. The van der Waals surface area contributed by atoms with E-state index in [0.717, 1.165) is 22.9 Å². The van der Waals surface area contributed by atoms with Crippen LogP contribution in [0, 0.1) is 6.92 Å². The normalized spacial score (nSPS) is 14.0. The van der Waals surface area contributed by atoms with E-state index < -0.39 is 0 Å². The molecule has 1 aliphatic rings. The van der Waals surface area contributed by atoms with Gasteiger partial charge in [0.25, 0.3) is 0 Å². The third-order valence-electron chi connectivity index (χ3n) is 6.03. The zero-order chi connectivity index (χ0) is 20.7. The van der Waals surface area contributed by atoms with Crippen LogP contribution in [0.25, 0.3) is 0 Å². The molecule has 1 aromatic heterocycles. The van der Waals surface area contributed by atoms with Crippen molar-refractivity contribution in [3.63, 3.8) is 0 Å². The Labute approximate surface area is 178 Å². The molecule has 0 fully saturated rings. The molecule has 148 valence electrons. The minimum Gasteiger partial charge on any atom is -0.355 e. The van der Waals surface area contributed by atoms with E-state index in [-0.39, 0.29) is 5.41 Å². The van der Waals surface area contributed by atoms with E-state index in [1.807, 2.05) is 18.3 Å². The van der Waals surface area contributed by atoms with Crippen LogP contribution in [0.15, 0.2) is 91.1 Å². The molecule has 0 spiro atoms. The van der Waals surface area contributed by atoms with Gasteiger partial charge in [-0.1, -0.05) is 62.4 Å². The van der Waals surface area contributed by atoms with E-state index in [4.69, 9.17) is 0 Å². The summed E-state index contributed by atoms with van der Waals surface area (Å²) in [6, 6.07) is 29.8. The first-order chi connectivity index (χ1) is 14.6. The quantitative estimate of drug-likeness (QED) is 0.399. The van der Waals surface area contributed by atoms with Crippen LogP contribution < -0.4 is 10.2 Å². The Morgan fingerprint density at radius 2 is 1.50 bits per heavy atom. The number of fused-ring (bicyclic) bond motifs is 2. The summed E-state index contributed by atoms with van der Waals surface area (Å²) in [4.78, 5) is 6.96. The lowest BCUT2D eigenvalue weighted by Crippen LogP contribution is -2.30. The second-order valence-electron chi connectivity index (χ2n) is 8.34. The third-order valence-corrected chi connectivity index (χ3v) is 6.03. The summed E-state index contributed by atoms with van der Waals surface area (Å²) in [5, 5.41) is 3.60. The first kappa shape index (κ1) is 18.4. The fourth-order valence-corrected chi connectivity index (χ4v) is 4.40. The van der Waals surface area contributed by atoms with Gasteiger partial charge in [-0.2, -0.15) is 0 Å². The topological polar surface area (TPSA) is 28.2 Å². The molecule has 0 amide bonds. The smallest absolute Gasteiger partial charge is 0.137 e.